The van der Waals surface area contributed by atoms with Gasteiger partial charge in [0.2, 0.25) is 0 Å². The molecule has 5 rings (SSSR count). The number of nitrogens with two attached hydrogens (primary N) is 1. The lowest BCUT2D eigenvalue weighted by Gasteiger charge is -2.39. The molecule has 3 N–H and O–H groups in total. The number of pyridine rings is 3. The molecule has 0 unspecified atom stereocenters. The average molecular weight is 400 g/mol. The van der Waals surface area contributed by atoms with Gasteiger partial charge in [0, 0.05) is 55.1 Å². The van der Waals surface area contributed by atoms with Crippen molar-refractivity contribution in [3.63, 3.8) is 0 Å². The first-order valence-electron chi connectivity index (χ1n) is 9.58. The molecule has 4 aromatic heterocycles. The van der Waals surface area contributed by atoms with Crippen LogP contribution in [0.1, 0.15) is 10.4 Å². The number of amides is 1. The van der Waals surface area contributed by atoms with Gasteiger partial charge in [-0.3, -0.25) is 9.78 Å². The molecule has 150 valence electrons. The molecule has 1 aliphatic heterocycles. The summed E-state index contributed by atoms with van der Waals surface area (Å²) in [5, 5.41) is 3.71. The Kier molecular flexibility index (Phi) is 4.36. The summed E-state index contributed by atoms with van der Waals surface area (Å²) < 4.78 is 1.96. The largest absolute Gasteiger partial charge is 0.353 e. The summed E-state index contributed by atoms with van der Waals surface area (Å²) in [5.41, 5.74) is 9.18. The summed E-state index contributed by atoms with van der Waals surface area (Å²) in [5.74, 6) is 1.08. The summed E-state index contributed by atoms with van der Waals surface area (Å²) in [6, 6.07) is 7.35. The maximum atomic E-state index is 12.4. The highest BCUT2D eigenvalue weighted by Crippen LogP contribution is 2.34. The Balaban J connectivity index is 1.54. The van der Waals surface area contributed by atoms with Crippen LogP contribution in [0, 0.1) is 0 Å². The third kappa shape index (κ3) is 3.25. The second-order valence-electron chi connectivity index (χ2n) is 7.37. The molecule has 0 spiro atoms. The van der Waals surface area contributed by atoms with E-state index >= 15 is 0 Å². The van der Waals surface area contributed by atoms with Crippen LogP contribution < -0.4 is 16.0 Å². The van der Waals surface area contributed by atoms with Crippen LogP contribution in [0.25, 0.3) is 22.2 Å². The van der Waals surface area contributed by atoms with Crippen molar-refractivity contribution in [2.75, 3.05) is 23.3 Å². The third-order valence-corrected chi connectivity index (χ3v) is 5.17. The van der Waals surface area contributed by atoms with Gasteiger partial charge in [-0.2, -0.15) is 0 Å². The van der Waals surface area contributed by atoms with Crippen LogP contribution in [0.4, 0.5) is 11.6 Å². The zero-order valence-corrected chi connectivity index (χ0v) is 16.4. The highest BCUT2D eigenvalue weighted by molar-refractivity contribution is 6.04. The number of anilines is 2. The summed E-state index contributed by atoms with van der Waals surface area (Å²) in [6.07, 6.45) is 8.41. The quantitative estimate of drug-likeness (QED) is 0.537. The predicted molar refractivity (Wildman–Crippen MR) is 114 cm³/mol. The molecule has 9 nitrogen and oxygen atoms in total. The molecule has 0 radical (unpaired) electrons. The molecule has 30 heavy (non-hydrogen) atoms. The maximum Gasteiger partial charge on any atom is 0.256 e. The van der Waals surface area contributed by atoms with E-state index in [1.807, 2.05) is 23.9 Å². The lowest BCUT2D eigenvalue weighted by molar-refractivity contribution is 0.102. The molecule has 0 bridgehead atoms. The normalized spacial score (nSPS) is 14.0. The number of nitrogens with one attached hydrogen (secondary N) is 1. The van der Waals surface area contributed by atoms with Gasteiger partial charge in [-0.25, -0.2) is 15.0 Å². The first kappa shape index (κ1) is 18.2. The van der Waals surface area contributed by atoms with Crippen molar-refractivity contribution in [2.24, 2.45) is 12.8 Å². The number of aryl methyl sites for hydroxylation is 1. The summed E-state index contributed by atoms with van der Waals surface area (Å²) in [7, 11) is 1.95. The Morgan fingerprint density at radius 1 is 1.17 bits per heavy atom. The Hall–Kier alpha value is -3.85. The molecule has 1 aliphatic rings. The highest BCUT2D eigenvalue weighted by Gasteiger charge is 2.28. The van der Waals surface area contributed by atoms with Gasteiger partial charge in [0.1, 0.15) is 11.6 Å². The second-order valence-corrected chi connectivity index (χ2v) is 7.37. The second kappa shape index (κ2) is 7.20. The van der Waals surface area contributed by atoms with Crippen molar-refractivity contribution >= 4 is 28.4 Å². The number of nitrogens with zero attached hydrogens (tertiary/aromatic N) is 6. The Morgan fingerprint density at radius 3 is 2.67 bits per heavy atom. The molecule has 1 fully saturated rings. The maximum absolute atomic E-state index is 12.4. The van der Waals surface area contributed by atoms with Crippen LogP contribution in [-0.2, 0) is 7.05 Å². The molecule has 9 heteroatoms. The van der Waals surface area contributed by atoms with E-state index in [9.17, 15) is 4.79 Å². The van der Waals surface area contributed by atoms with Crippen molar-refractivity contribution in [3.8, 4) is 11.3 Å². The zero-order chi connectivity index (χ0) is 20.7. The standard InChI is InChI=1S/C21H20N8O/c1-28-12-24-9-18(28)16-6-14-7-19(27-21(30)13-2-4-23-5-3-13)25-8-17(14)26-20(16)29-10-15(22)11-29/h2-9,12,15H,10-11,22H2,1H3,(H,25,27,30). The smallest absolute Gasteiger partial charge is 0.256 e. The van der Waals surface area contributed by atoms with E-state index in [0.29, 0.717) is 11.4 Å². The number of hydrogen-bond acceptors (Lipinski definition) is 7. The van der Waals surface area contributed by atoms with Gasteiger partial charge in [0.15, 0.2) is 0 Å². The van der Waals surface area contributed by atoms with Gasteiger partial charge in [-0.15, -0.1) is 0 Å². The third-order valence-electron chi connectivity index (χ3n) is 5.17. The minimum absolute atomic E-state index is 0.158. The van der Waals surface area contributed by atoms with Gasteiger partial charge < -0.3 is 20.5 Å². The molecule has 1 saturated heterocycles. The fourth-order valence-corrected chi connectivity index (χ4v) is 3.56. The van der Waals surface area contributed by atoms with E-state index in [1.165, 1.54) is 0 Å². The number of carbonyl (C=O) groups excluding carboxylic acids is 1. The number of aromatic nitrogens is 5. The van der Waals surface area contributed by atoms with Gasteiger partial charge in [-0.1, -0.05) is 0 Å². The van der Waals surface area contributed by atoms with Crippen molar-refractivity contribution in [2.45, 2.75) is 6.04 Å². The minimum Gasteiger partial charge on any atom is -0.353 e. The average Bonchev–Trinajstić information content (AvgIpc) is 3.17. The van der Waals surface area contributed by atoms with Crippen LogP contribution in [-0.4, -0.2) is 49.5 Å². The Morgan fingerprint density at radius 2 is 1.97 bits per heavy atom. The summed E-state index contributed by atoms with van der Waals surface area (Å²) in [6.45, 7) is 1.52. The fraction of sp³-hybridized carbons (Fsp3) is 0.190. The van der Waals surface area contributed by atoms with Crippen molar-refractivity contribution in [3.05, 3.63) is 60.9 Å². The molecule has 0 saturated carbocycles. The van der Waals surface area contributed by atoms with Crippen molar-refractivity contribution in [1.82, 2.24) is 24.5 Å². The molecule has 1 amide bonds. The molecule has 0 aliphatic carbocycles. The van der Waals surface area contributed by atoms with Crippen molar-refractivity contribution in [1.29, 1.82) is 0 Å². The number of fused-ring (bicyclic) bond motifs is 1. The summed E-state index contributed by atoms with van der Waals surface area (Å²) >= 11 is 0. The topological polar surface area (TPSA) is 115 Å². The zero-order valence-electron chi connectivity index (χ0n) is 16.4. The molecule has 0 atom stereocenters. The lowest BCUT2D eigenvalue weighted by Crippen LogP contribution is -2.56. The number of imidazole rings is 1. The number of hydrogen-bond donors (Lipinski definition) is 2. The number of rotatable bonds is 4. The molecule has 5 heterocycles. The lowest BCUT2D eigenvalue weighted by atomic mass is 10.1. The Labute approximate surface area is 172 Å². The van der Waals surface area contributed by atoms with Crippen LogP contribution in [0.2, 0.25) is 0 Å². The summed E-state index contributed by atoms with van der Waals surface area (Å²) in [4.78, 5) is 32.0. The van der Waals surface area contributed by atoms with E-state index in [4.69, 9.17) is 10.7 Å². The SMILES string of the molecule is Cn1cncc1-c1cc2cc(NC(=O)c3ccncc3)ncc2nc1N1CC(N)C1. The first-order valence-corrected chi connectivity index (χ1v) is 9.58. The van der Waals surface area contributed by atoms with Gasteiger partial charge in [0.25, 0.3) is 5.91 Å². The van der Waals surface area contributed by atoms with Gasteiger partial charge in [-0.05, 0) is 24.3 Å². The van der Waals surface area contributed by atoms with Crippen LogP contribution in [0.15, 0.2) is 55.4 Å². The fourth-order valence-electron chi connectivity index (χ4n) is 3.56. The van der Waals surface area contributed by atoms with Crippen molar-refractivity contribution < 1.29 is 4.79 Å². The van der Waals surface area contributed by atoms with Crippen LogP contribution in [0.3, 0.4) is 0 Å². The van der Waals surface area contributed by atoms with E-state index in [1.54, 1.807) is 37.1 Å². The van der Waals surface area contributed by atoms with E-state index in [-0.39, 0.29) is 11.9 Å². The van der Waals surface area contributed by atoms with E-state index < -0.39 is 0 Å². The van der Waals surface area contributed by atoms with Gasteiger partial charge in [0.05, 0.1) is 29.9 Å². The predicted octanol–water partition coefficient (Wildman–Crippen LogP) is 1.82. The van der Waals surface area contributed by atoms with E-state index in [0.717, 1.165) is 41.1 Å². The van der Waals surface area contributed by atoms with E-state index in [2.05, 4.69) is 31.2 Å². The monoisotopic (exact) mass is 400 g/mol. The minimum atomic E-state index is -0.241. The Bertz CT molecular complexity index is 1230. The molecular weight excluding hydrogens is 380 g/mol. The molecule has 0 aromatic carbocycles. The van der Waals surface area contributed by atoms with Crippen LogP contribution >= 0.6 is 0 Å². The van der Waals surface area contributed by atoms with Gasteiger partial charge >= 0.3 is 0 Å². The molecular formula is C21H20N8O. The first-order chi connectivity index (χ1) is 14.6. The number of carbonyl (C=O) groups is 1. The molecule has 4 aromatic rings. The van der Waals surface area contributed by atoms with Crippen LogP contribution in [0.5, 0.6) is 0 Å². The highest BCUT2D eigenvalue weighted by atomic mass is 16.1.